The number of aromatic nitrogens is 1. The highest BCUT2D eigenvalue weighted by molar-refractivity contribution is 7.90. The Morgan fingerprint density at radius 3 is 2.69 bits per heavy atom. The summed E-state index contributed by atoms with van der Waals surface area (Å²) in [4.78, 5) is 29.3. The maximum atomic E-state index is 13.6. The Labute approximate surface area is 148 Å². The number of ether oxygens (including phenoxy) is 1. The number of anilines is 2. The van der Waals surface area contributed by atoms with Crippen molar-refractivity contribution in [3.05, 3.63) is 47.9 Å². The SMILES string of the molecule is COC(=O)CN1C(=O)N(c2ccc(F)c(C)c2)c2ncccc2S1(=O)=O. The van der Waals surface area contributed by atoms with Gasteiger partial charge in [0, 0.05) is 6.20 Å². The largest absolute Gasteiger partial charge is 0.468 e. The van der Waals surface area contributed by atoms with E-state index in [4.69, 9.17) is 0 Å². The monoisotopic (exact) mass is 379 g/mol. The molecule has 2 amide bonds. The summed E-state index contributed by atoms with van der Waals surface area (Å²) in [5, 5.41) is 0. The molecule has 0 bridgehead atoms. The number of methoxy groups -OCH3 is 1. The van der Waals surface area contributed by atoms with E-state index < -0.39 is 34.4 Å². The number of halogens is 1. The van der Waals surface area contributed by atoms with E-state index in [1.54, 1.807) is 0 Å². The van der Waals surface area contributed by atoms with Crippen molar-refractivity contribution in [1.82, 2.24) is 9.29 Å². The first-order valence-electron chi connectivity index (χ1n) is 7.42. The number of pyridine rings is 1. The molecule has 1 aromatic heterocycles. The third kappa shape index (κ3) is 2.77. The minimum atomic E-state index is -4.29. The summed E-state index contributed by atoms with van der Waals surface area (Å²) in [7, 11) is -3.21. The van der Waals surface area contributed by atoms with E-state index in [1.165, 1.54) is 37.4 Å². The third-order valence-corrected chi connectivity index (χ3v) is 5.58. The van der Waals surface area contributed by atoms with Crippen LogP contribution in [-0.4, -0.2) is 43.4 Å². The second-order valence-electron chi connectivity index (χ2n) is 5.46. The van der Waals surface area contributed by atoms with Gasteiger partial charge in [0.1, 0.15) is 17.3 Å². The summed E-state index contributed by atoms with van der Waals surface area (Å²) < 4.78 is 43.9. The molecule has 26 heavy (non-hydrogen) atoms. The van der Waals surface area contributed by atoms with Crippen LogP contribution in [0.2, 0.25) is 0 Å². The second-order valence-corrected chi connectivity index (χ2v) is 7.30. The van der Waals surface area contributed by atoms with Gasteiger partial charge < -0.3 is 4.74 Å². The summed E-state index contributed by atoms with van der Waals surface area (Å²) in [6, 6.07) is 5.54. The molecule has 2 aromatic rings. The highest BCUT2D eigenvalue weighted by Crippen LogP contribution is 2.37. The topological polar surface area (TPSA) is 96.9 Å². The number of fused-ring (bicyclic) bond motifs is 1. The molecule has 0 unspecified atom stereocenters. The van der Waals surface area contributed by atoms with Crippen molar-refractivity contribution >= 4 is 33.5 Å². The standard InChI is InChI=1S/C16H14FN3O5S/c1-10-8-11(5-6-12(10)17)20-15-13(4-3-7-18-15)26(23,24)19(16(20)22)9-14(21)25-2/h3-8H,9H2,1-2H3. The van der Waals surface area contributed by atoms with Crippen molar-refractivity contribution in [3.8, 4) is 0 Å². The Balaban J connectivity index is 2.21. The first-order chi connectivity index (χ1) is 12.3. The molecule has 3 rings (SSSR count). The zero-order valence-electron chi connectivity index (χ0n) is 13.8. The van der Waals surface area contributed by atoms with E-state index in [9.17, 15) is 22.4 Å². The quantitative estimate of drug-likeness (QED) is 0.757. The number of nitrogens with zero attached hydrogens (tertiary/aromatic N) is 3. The molecule has 1 aromatic carbocycles. The van der Waals surface area contributed by atoms with Crippen LogP contribution in [0.15, 0.2) is 41.4 Å². The van der Waals surface area contributed by atoms with Crippen molar-refractivity contribution in [2.24, 2.45) is 0 Å². The summed E-state index contributed by atoms with van der Waals surface area (Å²) in [6.07, 6.45) is 1.33. The summed E-state index contributed by atoms with van der Waals surface area (Å²) in [5.74, 6) is -1.49. The molecular weight excluding hydrogens is 365 g/mol. The van der Waals surface area contributed by atoms with Crippen molar-refractivity contribution < 1.29 is 27.1 Å². The van der Waals surface area contributed by atoms with Gasteiger partial charge >= 0.3 is 12.0 Å². The number of benzene rings is 1. The molecule has 0 aliphatic carbocycles. The maximum Gasteiger partial charge on any atom is 0.344 e. The van der Waals surface area contributed by atoms with Crippen LogP contribution in [0, 0.1) is 12.7 Å². The van der Waals surface area contributed by atoms with Crippen molar-refractivity contribution in [2.45, 2.75) is 11.8 Å². The Morgan fingerprint density at radius 2 is 2.04 bits per heavy atom. The lowest BCUT2D eigenvalue weighted by Crippen LogP contribution is -2.51. The average Bonchev–Trinajstić information content (AvgIpc) is 2.61. The third-order valence-electron chi connectivity index (χ3n) is 3.84. The number of carbonyl (C=O) groups is 2. The number of rotatable bonds is 3. The van der Waals surface area contributed by atoms with E-state index in [2.05, 4.69) is 9.72 Å². The molecule has 0 atom stereocenters. The fourth-order valence-electron chi connectivity index (χ4n) is 2.51. The van der Waals surface area contributed by atoms with Gasteiger partial charge in [0.15, 0.2) is 5.82 Å². The van der Waals surface area contributed by atoms with Crippen LogP contribution in [0.25, 0.3) is 0 Å². The predicted octanol–water partition coefficient (Wildman–Crippen LogP) is 1.96. The van der Waals surface area contributed by atoms with Gasteiger partial charge in [-0.2, -0.15) is 0 Å². The summed E-state index contributed by atoms with van der Waals surface area (Å²) in [6.45, 7) is 0.720. The van der Waals surface area contributed by atoms with Gasteiger partial charge in [-0.15, -0.1) is 0 Å². The van der Waals surface area contributed by atoms with Gasteiger partial charge in [-0.1, -0.05) is 0 Å². The van der Waals surface area contributed by atoms with Gasteiger partial charge in [0.05, 0.1) is 12.8 Å². The lowest BCUT2D eigenvalue weighted by atomic mass is 10.2. The fraction of sp³-hybridized carbons (Fsp3) is 0.188. The van der Waals surface area contributed by atoms with E-state index >= 15 is 0 Å². The van der Waals surface area contributed by atoms with Crippen molar-refractivity contribution in [1.29, 1.82) is 0 Å². The van der Waals surface area contributed by atoms with E-state index in [0.717, 1.165) is 18.1 Å². The smallest absolute Gasteiger partial charge is 0.344 e. The van der Waals surface area contributed by atoms with Crippen LogP contribution in [-0.2, 0) is 19.6 Å². The lowest BCUT2D eigenvalue weighted by molar-refractivity contribution is -0.140. The van der Waals surface area contributed by atoms with Crippen LogP contribution in [0.1, 0.15) is 5.56 Å². The molecule has 2 heterocycles. The zero-order chi connectivity index (χ0) is 19.1. The molecule has 136 valence electrons. The first kappa shape index (κ1) is 17.8. The Morgan fingerprint density at radius 1 is 1.31 bits per heavy atom. The molecule has 1 aliphatic heterocycles. The highest BCUT2D eigenvalue weighted by Gasteiger charge is 2.44. The number of hydrogen-bond acceptors (Lipinski definition) is 6. The van der Waals surface area contributed by atoms with Crippen LogP contribution < -0.4 is 4.90 Å². The summed E-state index contributed by atoms with van der Waals surface area (Å²) >= 11 is 0. The predicted molar refractivity (Wildman–Crippen MR) is 88.8 cm³/mol. The molecule has 0 N–H and O–H groups in total. The van der Waals surface area contributed by atoms with E-state index in [1.807, 2.05) is 0 Å². The molecular formula is C16H14FN3O5S. The minimum absolute atomic E-state index is 0.121. The number of sulfonamides is 1. The molecule has 8 nitrogen and oxygen atoms in total. The van der Waals surface area contributed by atoms with E-state index in [-0.39, 0.29) is 22.0 Å². The number of urea groups is 1. The maximum absolute atomic E-state index is 13.6. The van der Waals surface area contributed by atoms with Gasteiger partial charge in [-0.3, -0.25) is 4.79 Å². The van der Waals surface area contributed by atoms with Crippen LogP contribution in [0.5, 0.6) is 0 Å². The minimum Gasteiger partial charge on any atom is -0.468 e. The number of carbonyl (C=O) groups excluding carboxylic acids is 2. The Kier molecular flexibility index (Phi) is 4.36. The van der Waals surface area contributed by atoms with E-state index in [0.29, 0.717) is 4.31 Å². The average molecular weight is 379 g/mol. The fourth-order valence-corrected chi connectivity index (χ4v) is 3.94. The normalized spacial score (nSPS) is 15.6. The number of hydrogen-bond donors (Lipinski definition) is 0. The molecule has 10 heteroatoms. The number of aryl methyl sites for hydroxylation is 1. The Hall–Kier alpha value is -3.01. The van der Waals surface area contributed by atoms with Gasteiger partial charge in [-0.05, 0) is 42.8 Å². The van der Waals surface area contributed by atoms with Crippen molar-refractivity contribution in [2.75, 3.05) is 18.6 Å². The van der Waals surface area contributed by atoms with Crippen LogP contribution >= 0.6 is 0 Å². The molecule has 0 saturated carbocycles. The Bertz CT molecular complexity index is 1010. The number of amides is 2. The molecule has 0 radical (unpaired) electrons. The summed E-state index contributed by atoms with van der Waals surface area (Å²) in [5.41, 5.74) is 0.486. The number of esters is 1. The van der Waals surface area contributed by atoms with Crippen LogP contribution in [0.3, 0.4) is 0 Å². The molecule has 1 aliphatic rings. The highest BCUT2D eigenvalue weighted by atomic mass is 32.2. The second kappa shape index (κ2) is 6.37. The molecule has 0 spiro atoms. The first-order valence-corrected chi connectivity index (χ1v) is 8.86. The lowest BCUT2D eigenvalue weighted by Gasteiger charge is -2.34. The van der Waals surface area contributed by atoms with Gasteiger partial charge in [0.25, 0.3) is 10.0 Å². The molecule has 0 fully saturated rings. The molecule has 0 saturated heterocycles. The van der Waals surface area contributed by atoms with Crippen LogP contribution in [0.4, 0.5) is 20.7 Å². The zero-order valence-corrected chi connectivity index (χ0v) is 14.7. The van der Waals surface area contributed by atoms with Gasteiger partial charge in [-0.25, -0.2) is 31.8 Å². The van der Waals surface area contributed by atoms with Crippen molar-refractivity contribution in [3.63, 3.8) is 0 Å². The van der Waals surface area contributed by atoms with Gasteiger partial charge in [0.2, 0.25) is 0 Å².